The van der Waals surface area contributed by atoms with Crippen molar-refractivity contribution in [2.45, 2.75) is 0 Å². The molecule has 238 valence electrons. The molecule has 0 unspecified atom stereocenters. The van der Waals surface area contributed by atoms with E-state index < -0.39 is 0 Å². The van der Waals surface area contributed by atoms with Crippen molar-refractivity contribution >= 4 is 32.6 Å². The van der Waals surface area contributed by atoms with Crippen LogP contribution in [0.1, 0.15) is 0 Å². The van der Waals surface area contributed by atoms with Crippen molar-refractivity contribution in [2.75, 3.05) is 0 Å². The van der Waals surface area contributed by atoms with Gasteiger partial charge in [0.25, 0.3) is 0 Å². The van der Waals surface area contributed by atoms with E-state index in [0.717, 1.165) is 71.5 Å². The Bertz CT molecular complexity index is 2740. The summed E-state index contributed by atoms with van der Waals surface area (Å²) in [5.41, 5.74) is 8.99. The van der Waals surface area contributed by atoms with Crippen LogP contribution in [0.15, 0.2) is 156 Å². The first kappa shape index (κ1) is 29.5. The maximum absolute atomic E-state index is 12.9. The molecule has 0 N–H and O–H groups in total. The van der Waals surface area contributed by atoms with Gasteiger partial charge in [-0.25, -0.2) is 19.7 Å². The maximum atomic E-state index is 12.9. The Labute approximate surface area is 288 Å². The molecule has 0 bridgehead atoms. The van der Waals surface area contributed by atoms with Crippen molar-refractivity contribution in [1.82, 2.24) is 24.1 Å². The highest BCUT2D eigenvalue weighted by atomic mass is 16.1. The third kappa shape index (κ3) is 4.72. The number of nitrogens with zero attached hydrogens (tertiary/aromatic N) is 5. The van der Waals surface area contributed by atoms with E-state index in [2.05, 4.69) is 78.9 Å². The molecule has 7 aromatic carbocycles. The van der Waals surface area contributed by atoms with E-state index in [-0.39, 0.29) is 5.69 Å². The van der Waals surface area contributed by atoms with Crippen LogP contribution in [0, 0.1) is 0 Å². The summed E-state index contributed by atoms with van der Waals surface area (Å²) in [6, 6.07) is 52.0. The highest BCUT2D eigenvalue weighted by Gasteiger charge is 2.19. The first-order valence-electron chi connectivity index (χ1n) is 16.6. The molecule has 2 aromatic heterocycles. The first-order chi connectivity index (χ1) is 24.6. The first-order valence-corrected chi connectivity index (χ1v) is 16.6. The molecule has 50 heavy (non-hydrogen) atoms. The molecule has 9 aromatic rings. The predicted molar refractivity (Wildman–Crippen MR) is 204 cm³/mol. The number of rotatable bonds is 5. The summed E-state index contributed by atoms with van der Waals surface area (Å²) >= 11 is 0. The molecule has 6 nitrogen and oxygen atoms in total. The van der Waals surface area contributed by atoms with Gasteiger partial charge >= 0.3 is 5.69 Å². The molecular weight excluding hydrogens is 615 g/mol. The summed E-state index contributed by atoms with van der Waals surface area (Å²) in [5, 5.41) is 4.43. The number of hydrogen-bond acceptors (Lipinski definition) is 4. The van der Waals surface area contributed by atoms with Crippen LogP contribution in [0.5, 0.6) is 0 Å². The van der Waals surface area contributed by atoms with Crippen molar-refractivity contribution in [3.05, 3.63) is 162 Å². The van der Waals surface area contributed by atoms with Crippen LogP contribution in [-0.4, -0.2) is 24.1 Å². The minimum atomic E-state index is -0.0371. The van der Waals surface area contributed by atoms with Crippen molar-refractivity contribution < 1.29 is 0 Å². The Balaban J connectivity index is 1.25. The average Bonchev–Trinajstić information content (AvgIpc) is 3.41. The fourth-order valence-corrected chi connectivity index (χ4v) is 7.22. The Hall–Kier alpha value is -6.66. The molecule has 0 atom stereocenters. The van der Waals surface area contributed by atoms with Crippen molar-refractivity contribution in [1.29, 1.82) is 0 Å². The lowest BCUT2D eigenvalue weighted by Gasteiger charge is -2.16. The molecule has 2 heterocycles. The van der Waals surface area contributed by atoms with E-state index >= 15 is 0 Å². The summed E-state index contributed by atoms with van der Waals surface area (Å²) < 4.78 is 3.45. The lowest BCUT2D eigenvalue weighted by molar-refractivity contribution is 0.795. The molecule has 0 fully saturated rings. The van der Waals surface area contributed by atoms with Gasteiger partial charge in [-0.05, 0) is 50.4 Å². The second kappa shape index (κ2) is 11.8. The van der Waals surface area contributed by atoms with E-state index in [4.69, 9.17) is 15.0 Å². The van der Waals surface area contributed by atoms with Crippen molar-refractivity contribution in [2.24, 2.45) is 14.1 Å². The van der Waals surface area contributed by atoms with Crippen LogP contribution in [0.2, 0.25) is 0 Å². The van der Waals surface area contributed by atoms with Crippen LogP contribution in [0.3, 0.4) is 0 Å². The van der Waals surface area contributed by atoms with Crippen LogP contribution < -0.4 is 5.69 Å². The van der Waals surface area contributed by atoms with Gasteiger partial charge in [0.05, 0.1) is 11.0 Å². The van der Waals surface area contributed by atoms with Crippen LogP contribution in [0.25, 0.3) is 89.0 Å². The highest BCUT2D eigenvalue weighted by molar-refractivity contribution is 6.13. The standard InChI is InChI=1S/C44H31N5O/c1-48-39-23-13-22-37(40(39)49(2)44(48)50)36-25-24-34(30-18-9-10-19-31(30)36)35-26-27-38(33-21-12-11-20-32(33)35)43-46-41(28-14-5-3-6-15-28)45-42(47-43)29-16-7-4-8-17-29/h3-27H,1-2H3. The van der Waals surface area contributed by atoms with Gasteiger partial charge in [-0.3, -0.25) is 9.13 Å². The minimum absolute atomic E-state index is 0.0371. The fraction of sp³-hybridized carbons (Fsp3) is 0.0455. The molecule has 0 radical (unpaired) electrons. The summed E-state index contributed by atoms with van der Waals surface area (Å²) in [4.78, 5) is 27.9. The molecule has 0 spiro atoms. The number of imidazole rings is 1. The second-order valence-electron chi connectivity index (χ2n) is 12.5. The highest BCUT2D eigenvalue weighted by Crippen LogP contribution is 2.42. The van der Waals surface area contributed by atoms with Crippen molar-refractivity contribution in [3.63, 3.8) is 0 Å². The molecular formula is C44H31N5O. The normalized spacial score (nSPS) is 11.5. The number of hydrogen-bond donors (Lipinski definition) is 0. The Morgan fingerprint density at radius 2 is 0.800 bits per heavy atom. The molecule has 9 rings (SSSR count). The summed E-state index contributed by atoms with van der Waals surface area (Å²) in [5.74, 6) is 1.90. The SMILES string of the molecule is Cn1c(=O)n(C)c2c(-c3ccc(-c4ccc(-c5nc(-c6ccccc6)nc(-c6ccccc6)n5)c5ccccc45)c4ccccc34)cccc21. The van der Waals surface area contributed by atoms with Gasteiger partial charge < -0.3 is 0 Å². The summed E-state index contributed by atoms with van der Waals surface area (Å²) in [6.45, 7) is 0. The van der Waals surface area contributed by atoms with Gasteiger partial charge in [0.2, 0.25) is 0 Å². The Morgan fingerprint density at radius 3 is 1.32 bits per heavy atom. The number of aromatic nitrogens is 5. The Kier molecular flexibility index (Phi) is 6.95. The maximum Gasteiger partial charge on any atom is 0.328 e. The number of fused-ring (bicyclic) bond motifs is 3. The summed E-state index contributed by atoms with van der Waals surface area (Å²) in [6.07, 6.45) is 0. The monoisotopic (exact) mass is 645 g/mol. The number of para-hydroxylation sites is 1. The third-order valence-electron chi connectivity index (χ3n) is 9.65. The predicted octanol–water partition coefficient (Wildman–Crippen LogP) is 9.70. The van der Waals surface area contributed by atoms with E-state index in [1.54, 1.807) is 9.13 Å². The van der Waals surface area contributed by atoms with Gasteiger partial charge in [0, 0.05) is 36.3 Å². The average molecular weight is 646 g/mol. The van der Waals surface area contributed by atoms with E-state index in [9.17, 15) is 4.79 Å². The van der Waals surface area contributed by atoms with Crippen LogP contribution in [-0.2, 0) is 14.1 Å². The molecule has 6 heteroatoms. The lowest BCUT2D eigenvalue weighted by atomic mass is 9.88. The van der Waals surface area contributed by atoms with Gasteiger partial charge in [0.1, 0.15) is 0 Å². The van der Waals surface area contributed by atoms with Crippen molar-refractivity contribution in [3.8, 4) is 56.4 Å². The van der Waals surface area contributed by atoms with Gasteiger partial charge in [-0.15, -0.1) is 0 Å². The minimum Gasteiger partial charge on any atom is -0.295 e. The number of aryl methyl sites for hydroxylation is 2. The molecule has 0 amide bonds. The molecule has 0 aliphatic carbocycles. The van der Waals surface area contributed by atoms with E-state index in [0.29, 0.717) is 17.5 Å². The van der Waals surface area contributed by atoms with E-state index in [1.165, 1.54) is 0 Å². The van der Waals surface area contributed by atoms with Gasteiger partial charge in [0.15, 0.2) is 17.5 Å². The quantitative estimate of drug-likeness (QED) is 0.187. The zero-order chi connectivity index (χ0) is 33.8. The van der Waals surface area contributed by atoms with Crippen LogP contribution in [0.4, 0.5) is 0 Å². The smallest absolute Gasteiger partial charge is 0.295 e. The zero-order valence-corrected chi connectivity index (χ0v) is 27.6. The van der Waals surface area contributed by atoms with Gasteiger partial charge in [-0.1, -0.05) is 140 Å². The molecule has 0 aliphatic rings. The topological polar surface area (TPSA) is 65.6 Å². The number of benzene rings is 7. The fourth-order valence-electron chi connectivity index (χ4n) is 7.22. The third-order valence-corrected chi connectivity index (χ3v) is 9.65. The molecule has 0 saturated carbocycles. The van der Waals surface area contributed by atoms with Crippen LogP contribution >= 0.6 is 0 Å². The summed E-state index contributed by atoms with van der Waals surface area (Å²) in [7, 11) is 3.67. The van der Waals surface area contributed by atoms with Gasteiger partial charge in [-0.2, -0.15) is 0 Å². The Morgan fingerprint density at radius 1 is 0.380 bits per heavy atom. The second-order valence-corrected chi connectivity index (χ2v) is 12.5. The largest absolute Gasteiger partial charge is 0.328 e. The van der Waals surface area contributed by atoms with E-state index in [1.807, 2.05) is 86.9 Å². The zero-order valence-electron chi connectivity index (χ0n) is 27.6. The molecule has 0 aliphatic heterocycles. The molecule has 0 saturated heterocycles. The lowest BCUT2D eigenvalue weighted by Crippen LogP contribution is -2.19.